The maximum Gasteiger partial charge on any atom is 0.194 e. The van der Waals surface area contributed by atoms with Gasteiger partial charge in [0.15, 0.2) is 5.96 Å². The van der Waals surface area contributed by atoms with E-state index in [1.807, 2.05) is 0 Å². The number of halogens is 1. The summed E-state index contributed by atoms with van der Waals surface area (Å²) in [5, 5.41) is 3.44. The fourth-order valence-electron chi connectivity index (χ4n) is 3.13. The minimum atomic E-state index is 0. The van der Waals surface area contributed by atoms with Crippen LogP contribution in [0.1, 0.15) is 26.2 Å². The molecule has 0 atom stereocenters. The largest absolute Gasteiger partial charge is 0.381 e. The predicted molar refractivity (Wildman–Crippen MR) is 120 cm³/mol. The second kappa shape index (κ2) is 11.6. The summed E-state index contributed by atoms with van der Waals surface area (Å²) in [6.07, 6.45) is 3.72. The van der Waals surface area contributed by atoms with Crippen LogP contribution >= 0.6 is 24.0 Å². The Labute approximate surface area is 175 Å². The van der Waals surface area contributed by atoms with Gasteiger partial charge in [0.05, 0.1) is 0 Å². The molecule has 1 heterocycles. The molecule has 1 aromatic carbocycles. The molecule has 0 aromatic heterocycles. The molecular formula is C20H33IN4O. The highest BCUT2D eigenvalue weighted by Crippen LogP contribution is 2.28. The Morgan fingerprint density at radius 3 is 2.54 bits per heavy atom. The Bertz CT molecular complexity index is 528. The molecule has 2 aliphatic rings. The summed E-state index contributed by atoms with van der Waals surface area (Å²) < 4.78 is 5.70. The van der Waals surface area contributed by atoms with Crippen molar-refractivity contribution in [2.24, 2.45) is 10.9 Å². The Hall–Kier alpha value is -1.02. The van der Waals surface area contributed by atoms with Gasteiger partial charge in [-0.25, -0.2) is 0 Å². The number of nitrogens with zero attached hydrogens (tertiary/aromatic N) is 3. The van der Waals surface area contributed by atoms with Crippen molar-refractivity contribution < 1.29 is 4.74 Å². The number of piperazine rings is 1. The molecule has 0 unspecified atom stereocenters. The summed E-state index contributed by atoms with van der Waals surface area (Å²) in [6.45, 7) is 9.78. The van der Waals surface area contributed by atoms with Crippen LogP contribution in [0.5, 0.6) is 0 Å². The quantitative estimate of drug-likeness (QED) is 0.273. The van der Waals surface area contributed by atoms with E-state index in [4.69, 9.17) is 9.73 Å². The molecule has 0 amide bonds. The van der Waals surface area contributed by atoms with E-state index >= 15 is 0 Å². The van der Waals surface area contributed by atoms with Crippen molar-refractivity contribution in [3.8, 4) is 0 Å². The van der Waals surface area contributed by atoms with E-state index in [0.717, 1.165) is 70.8 Å². The van der Waals surface area contributed by atoms with Crippen molar-refractivity contribution in [2.45, 2.75) is 26.2 Å². The van der Waals surface area contributed by atoms with Crippen LogP contribution in [0.4, 0.5) is 5.69 Å². The first-order valence-corrected chi connectivity index (χ1v) is 9.78. The summed E-state index contributed by atoms with van der Waals surface area (Å²) in [5.41, 5.74) is 1.32. The predicted octanol–water partition coefficient (Wildman–Crippen LogP) is 3.21. The number of ether oxygens (including phenoxy) is 1. The van der Waals surface area contributed by atoms with Crippen LogP contribution in [-0.4, -0.2) is 63.3 Å². The number of para-hydroxylation sites is 1. The fourth-order valence-corrected chi connectivity index (χ4v) is 3.13. The lowest BCUT2D eigenvalue weighted by atomic mass is 10.2. The molecule has 26 heavy (non-hydrogen) atoms. The van der Waals surface area contributed by atoms with Crippen molar-refractivity contribution in [3.63, 3.8) is 0 Å². The van der Waals surface area contributed by atoms with Crippen molar-refractivity contribution in [2.75, 3.05) is 57.4 Å². The van der Waals surface area contributed by atoms with Gasteiger partial charge >= 0.3 is 0 Å². The first-order chi connectivity index (χ1) is 12.4. The van der Waals surface area contributed by atoms with Crippen molar-refractivity contribution >= 4 is 35.6 Å². The first kappa shape index (κ1) is 21.3. The van der Waals surface area contributed by atoms with Gasteiger partial charge in [-0.15, -0.1) is 24.0 Å². The molecular weight excluding hydrogens is 439 g/mol. The summed E-state index contributed by atoms with van der Waals surface area (Å²) in [6, 6.07) is 10.7. The summed E-state index contributed by atoms with van der Waals surface area (Å²) >= 11 is 0. The highest BCUT2D eigenvalue weighted by molar-refractivity contribution is 14.0. The van der Waals surface area contributed by atoms with E-state index in [1.54, 1.807) is 0 Å². The standard InChI is InChI=1S/C20H32N4O.HI/c1-2-21-20(22-11-6-16-25-17-18-9-10-18)24-14-12-23(13-15-24)19-7-4-3-5-8-19;/h3-5,7-8,18H,2,6,9-17H2,1H3,(H,21,22);1H. The van der Waals surface area contributed by atoms with Gasteiger partial charge in [-0.2, -0.15) is 0 Å². The third-order valence-electron chi connectivity index (χ3n) is 4.79. The lowest BCUT2D eigenvalue weighted by Crippen LogP contribution is -2.52. The molecule has 3 rings (SSSR count). The van der Waals surface area contributed by atoms with Crippen LogP contribution in [0, 0.1) is 5.92 Å². The lowest BCUT2D eigenvalue weighted by Gasteiger charge is -2.37. The number of nitrogens with one attached hydrogen (secondary N) is 1. The van der Waals surface area contributed by atoms with Gasteiger partial charge in [-0.05, 0) is 44.2 Å². The van der Waals surface area contributed by atoms with Crippen molar-refractivity contribution in [3.05, 3.63) is 30.3 Å². The van der Waals surface area contributed by atoms with Crippen LogP contribution in [0.15, 0.2) is 35.3 Å². The van der Waals surface area contributed by atoms with Crippen LogP contribution in [0.25, 0.3) is 0 Å². The number of hydrogen-bond acceptors (Lipinski definition) is 3. The Balaban J connectivity index is 0.00000243. The number of benzene rings is 1. The Morgan fingerprint density at radius 1 is 1.15 bits per heavy atom. The second-order valence-corrected chi connectivity index (χ2v) is 6.92. The first-order valence-electron chi connectivity index (χ1n) is 9.78. The van der Waals surface area contributed by atoms with Gasteiger partial charge in [0, 0.05) is 58.2 Å². The van der Waals surface area contributed by atoms with E-state index in [0.29, 0.717) is 0 Å². The number of aliphatic imine (C=N–C) groups is 1. The molecule has 146 valence electrons. The highest BCUT2D eigenvalue weighted by Gasteiger charge is 2.21. The summed E-state index contributed by atoms with van der Waals surface area (Å²) in [7, 11) is 0. The smallest absolute Gasteiger partial charge is 0.194 e. The van der Waals surface area contributed by atoms with E-state index in [1.165, 1.54) is 18.5 Å². The molecule has 0 bridgehead atoms. The third kappa shape index (κ3) is 6.95. The maximum atomic E-state index is 5.70. The van der Waals surface area contributed by atoms with E-state index < -0.39 is 0 Å². The fraction of sp³-hybridized carbons (Fsp3) is 0.650. The summed E-state index contributed by atoms with van der Waals surface area (Å²) in [5.74, 6) is 1.90. The molecule has 1 N–H and O–H groups in total. The van der Waals surface area contributed by atoms with Gasteiger partial charge in [0.25, 0.3) is 0 Å². The molecule has 6 heteroatoms. The minimum Gasteiger partial charge on any atom is -0.381 e. The van der Waals surface area contributed by atoms with Gasteiger partial charge in [-0.1, -0.05) is 18.2 Å². The van der Waals surface area contributed by atoms with Crippen LogP contribution in [-0.2, 0) is 4.74 Å². The number of rotatable bonds is 8. The van der Waals surface area contributed by atoms with E-state index in [2.05, 4.69) is 52.4 Å². The Morgan fingerprint density at radius 2 is 1.88 bits per heavy atom. The molecule has 0 radical (unpaired) electrons. The van der Waals surface area contributed by atoms with Gasteiger partial charge in [0.1, 0.15) is 0 Å². The van der Waals surface area contributed by atoms with Gasteiger partial charge in [-0.3, -0.25) is 4.99 Å². The number of hydrogen-bond donors (Lipinski definition) is 1. The lowest BCUT2D eigenvalue weighted by molar-refractivity contribution is 0.123. The molecule has 5 nitrogen and oxygen atoms in total. The van der Waals surface area contributed by atoms with E-state index in [-0.39, 0.29) is 24.0 Å². The van der Waals surface area contributed by atoms with Crippen LogP contribution in [0.3, 0.4) is 0 Å². The number of anilines is 1. The minimum absolute atomic E-state index is 0. The SMILES string of the molecule is CCNC(=NCCCOCC1CC1)N1CCN(c2ccccc2)CC1.I. The monoisotopic (exact) mass is 472 g/mol. The third-order valence-corrected chi connectivity index (χ3v) is 4.79. The van der Waals surface area contributed by atoms with Crippen molar-refractivity contribution in [1.29, 1.82) is 0 Å². The zero-order valence-corrected chi connectivity index (χ0v) is 18.2. The molecule has 1 aliphatic carbocycles. The highest BCUT2D eigenvalue weighted by atomic mass is 127. The molecule has 0 spiro atoms. The van der Waals surface area contributed by atoms with Gasteiger partial charge < -0.3 is 19.9 Å². The molecule has 2 fully saturated rings. The maximum absolute atomic E-state index is 5.70. The zero-order valence-electron chi connectivity index (χ0n) is 15.9. The normalized spacial score (nSPS) is 17.8. The molecule has 1 saturated carbocycles. The topological polar surface area (TPSA) is 40.1 Å². The molecule has 1 aliphatic heterocycles. The van der Waals surface area contributed by atoms with Crippen molar-refractivity contribution in [1.82, 2.24) is 10.2 Å². The van der Waals surface area contributed by atoms with Crippen LogP contribution in [0.2, 0.25) is 0 Å². The zero-order chi connectivity index (χ0) is 17.3. The average molecular weight is 472 g/mol. The molecule has 1 aromatic rings. The van der Waals surface area contributed by atoms with Gasteiger partial charge in [0.2, 0.25) is 0 Å². The van der Waals surface area contributed by atoms with Crippen LogP contribution < -0.4 is 10.2 Å². The average Bonchev–Trinajstić information content (AvgIpc) is 3.49. The second-order valence-electron chi connectivity index (χ2n) is 6.92. The number of guanidine groups is 1. The summed E-state index contributed by atoms with van der Waals surface area (Å²) in [4.78, 5) is 9.63. The Kier molecular flexibility index (Phi) is 9.53. The van der Waals surface area contributed by atoms with E-state index in [9.17, 15) is 0 Å². The molecule has 1 saturated heterocycles.